The summed E-state index contributed by atoms with van der Waals surface area (Å²) in [7, 11) is 0. The smallest absolute Gasteiger partial charge is 0.160 e. The average Bonchev–Trinajstić information content (AvgIpc) is 2.25. The van der Waals surface area contributed by atoms with Crippen LogP contribution >= 0.6 is 11.6 Å². The first-order chi connectivity index (χ1) is 7.59. The van der Waals surface area contributed by atoms with Crippen molar-refractivity contribution in [2.45, 2.75) is 0 Å². The molecule has 16 heavy (non-hydrogen) atoms. The first kappa shape index (κ1) is 10.8. The minimum absolute atomic E-state index is 0.0959. The fraction of sp³-hybridized carbons (Fsp3) is 0. The van der Waals surface area contributed by atoms with Gasteiger partial charge in [-0.05, 0) is 24.3 Å². The number of rotatable bonds is 1. The molecule has 0 spiro atoms. The van der Waals surface area contributed by atoms with E-state index in [1.54, 1.807) is 12.1 Å². The normalized spacial score (nSPS) is 10.4. The number of pyridine rings is 1. The minimum atomic E-state index is -0.990. The number of nitrogen functional groups attached to an aromatic ring is 1. The van der Waals surface area contributed by atoms with Crippen LogP contribution in [0.4, 0.5) is 14.6 Å². The van der Waals surface area contributed by atoms with E-state index in [2.05, 4.69) is 4.98 Å². The van der Waals surface area contributed by atoms with E-state index in [0.717, 1.165) is 12.1 Å². The molecule has 2 N–H and O–H groups in total. The van der Waals surface area contributed by atoms with Gasteiger partial charge in [-0.15, -0.1) is 0 Å². The second kappa shape index (κ2) is 4.06. The third-order valence-corrected chi connectivity index (χ3v) is 2.45. The molecule has 1 aromatic carbocycles. The lowest BCUT2D eigenvalue weighted by Gasteiger charge is -2.07. The van der Waals surface area contributed by atoms with Crippen molar-refractivity contribution in [3.8, 4) is 11.1 Å². The number of hydrogen-bond donors (Lipinski definition) is 1. The maximum Gasteiger partial charge on any atom is 0.160 e. The fourth-order valence-corrected chi connectivity index (χ4v) is 1.63. The predicted molar refractivity (Wildman–Crippen MR) is 59.0 cm³/mol. The summed E-state index contributed by atoms with van der Waals surface area (Å²) >= 11 is 5.82. The molecule has 82 valence electrons. The zero-order valence-electron chi connectivity index (χ0n) is 8.05. The van der Waals surface area contributed by atoms with Gasteiger partial charge >= 0.3 is 0 Å². The van der Waals surface area contributed by atoms with Gasteiger partial charge in [0.25, 0.3) is 0 Å². The highest BCUT2D eigenvalue weighted by atomic mass is 35.5. The Hall–Kier alpha value is -1.68. The van der Waals surface area contributed by atoms with E-state index >= 15 is 0 Å². The second-order valence-electron chi connectivity index (χ2n) is 3.18. The molecule has 1 heterocycles. The van der Waals surface area contributed by atoms with E-state index in [1.165, 1.54) is 6.20 Å². The fourth-order valence-electron chi connectivity index (χ4n) is 1.37. The summed E-state index contributed by atoms with van der Waals surface area (Å²) in [6.45, 7) is 0. The molecular weight excluding hydrogens is 234 g/mol. The van der Waals surface area contributed by atoms with Crippen LogP contribution in [0.3, 0.4) is 0 Å². The van der Waals surface area contributed by atoms with Crippen molar-refractivity contribution >= 4 is 17.4 Å². The molecule has 2 nitrogen and oxygen atoms in total. The Kier molecular flexibility index (Phi) is 2.75. The lowest BCUT2D eigenvalue weighted by Crippen LogP contribution is -1.95. The highest BCUT2D eigenvalue weighted by Crippen LogP contribution is 2.32. The predicted octanol–water partition coefficient (Wildman–Crippen LogP) is 3.26. The molecular formula is C11H7ClF2N2. The van der Waals surface area contributed by atoms with Crippen LogP contribution in [0.5, 0.6) is 0 Å². The Morgan fingerprint density at radius 2 is 1.81 bits per heavy atom. The van der Waals surface area contributed by atoms with Crippen molar-refractivity contribution in [3.63, 3.8) is 0 Å². The third-order valence-electron chi connectivity index (χ3n) is 2.14. The zero-order valence-corrected chi connectivity index (χ0v) is 8.80. The highest BCUT2D eigenvalue weighted by Gasteiger charge is 2.12. The first-order valence-corrected chi connectivity index (χ1v) is 4.83. The van der Waals surface area contributed by atoms with Crippen molar-refractivity contribution in [1.29, 1.82) is 0 Å². The molecule has 0 atom stereocenters. The first-order valence-electron chi connectivity index (χ1n) is 4.45. The van der Waals surface area contributed by atoms with Gasteiger partial charge in [-0.25, -0.2) is 13.8 Å². The number of nitrogens with two attached hydrogens (primary N) is 1. The van der Waals surface area contributed by atoms with Crippen LogP contribution in [0, 0.1) is 11.6 Å². The summed E-state index contributed by atoms with van der Waals surface area (Å²) in [5.74, 6) is -1.74. The van der Waals surface area contributed by atoms with Gasteiger partial charge in [-0.3, -0.25) is 0 Å². The molecule has 5 heteroatoms. The summed E-state index contributed by atoms with van der Waals surface area (Å²) in [6.07, 6.45) is 1.51. The monoisotopic (exact) mass is 240 g/mol. The maximum atomic E-state index is 13.1. The van der Waals surface area contributed by atoms with Crippen molar-refractivity contribution in [2.75, 3.05) is 5.73 Å². The highest BCUT2D eigenvalue weighted by molar-refractivity contribution is 6.33. The quantitative estimate of drug-likeness (QED) is 0.777. The Morgan fingerprint density at radius 1 is 1.12 bits per heavy atom. The van der Waals surface area contributed by atoms with Gasteiger partial charge in [0.1, 0.15) is 5.82 Å². The SMILES string of the molecule is Nc1ncccc1-c1cc(F)c(F)cc1Cl. The van der Waals surface area contributed by atoms with Crippen LogP contribution in [0.15, 0.2) is 30.5 Å². The molecule has 0 saturated heterocycles. The van der Waals surface area contributed by atoms with Gasteiger partial charge in [0.05, 0.1) is 5.02 Å². The maximum absolute atomic E-state index is 13.1. The zero-order chi connectivity index (χ0) is 11.7. The van der Waals surface area contributed by atoms with E-state index in [0.29, 0.717) is 11.1 Å². The number of anilines is 1. The number of nitrogens with zero attached hydrogens (tertiary/aromatic N) is 1. The Morgan fingerprint density at radius 3 is 2.50 bits per heavy atom. The molecule has 1 aromatic heterocycles. The second-order valence-corrected chi connectivity index (χ2v) is 3.59. The summed E-state index contributed by atoms with van der Waals surface area (Å²) in [6, 6.07) is 5.20. The largest absolute Gasteiger partial charge is 0.383 e. The van der Waals surface area contributed by atoms with Crippen LogP contribution in [-0.4, -0.2) is 4.98 Å². The van der Waals surface area contributed by atoms with Gasteiger partial charge in [0, 0.05) is 17.3 Å². The molecule has 2 aromatic rings. The summed E-state index contributed by atoms with van der Waals surface area (Å²) < 4.78 is 26.0. The topological polar surface area (TPSA) is 38.9 Å². The van der Waals surface area contributed by atoms with Crippen molar-refractivity contribution in [1.82, 2.24) is 4.98 Å². The molecule has 0 amide bonds. The van der Waals surface area contributed by atoms with Crippen molar-refractivity contribution < 1.29 is 8.78 Å². The van der Waals surface area contributed by atoms with Gasteiger partial charge < -0.3 is 5.73 Å². The Bertz CT molecular complexity index is 544. The molecule has 0 saturated carbocycles. The summed E-state index contributed by atoms with van der Waals surface area (Å²) in [5.41, 5.74) is 6.43. The van der Waals surface area contributed by atoms with Crippen molar-refractivity contribution in [3.05, 3.63) is 47.1 Å². The number of benzene rings is 1. The molecule has 0 radical (unpaired) electrons. The van der Waals surface area contributed by atoms with E-state index in [9.17, 15) is 8.78 Å². The molecule has 0 aliphatic carbocycles. The van der Waals surface area contributed by atoms with E-state index in [4.69, 9.17) is 17.3 Å². The standard InChI is InChI=1S/C11H7ClF2N2/c12-8-5-10(14)9(13)4-7(8)6-2-1-3-16-11(6)15/h1-5H,(H2,15,16). The Balaban J connectivity index is 2.65. The lowest BCUT2D eigenvalue weighted by atomic mass is 10.1. The number of hydrogen-bond acceptors (Lipinski definition) is 2. The van der Waals surface area contributed by atoms with Gasteiger partial charge in [0.2, 0.25) is 0 Å². The molecule has 0 fully saturated rings. The van der Waals surface area contributed by atoms with Gasteiger partial charge in [0.15, 0.2) is 11.6 Å². The average molecular weight is 241 g/mol. The molecule has 2 rings (SSSR count). The van der Waals surface area contributed by atoms with Crippen LogP contribution in [0.2, 0.25) is 5.02 Å². The summed E-state index contributed by atoms with van der Waals surface area (Å²) in [5, 5.41) is 0.0959. The third kappa shape index (κ3) is 1.84. The van der Waals surface area contributed by atoms with Gasteiger partial charge in [-0.2, -0.15) is 0 Å². The van der Waals surface area contributed by atoms with Crippen molar-refractivity contribution in [2.24, 2.45) is 0 Å². The van der Waals surface area contributed by atoms with E-state index in [1.807, 2.05) is 0 Å². The van der Waals surface area contributed by atoms with Crippen LogP contribution in [-0.2, 0) is 0 Å². The number of halogens is 3. The van der Waals surface area contributed by atoms with E-state index < -0.39 is 11.6 Å². The summed E-state index contributed by atoms with van der Waals surface area (Å²) in [4.78, 5) is 3.85. The van der Waals surface area contributed by atoms with Crippen LogP contribution < -0.4 is 5.73 Å². The molecule has 0 unspecified atom stereocenters. The van der Waals surface area contributed by atoms with Crippen LogP contribution in [0.1, 0.15) is 0 Å². The molecule has 0 aliphatic rings. The number of aromatic nitrogens is 1. The minimum Gasteiger partial charge on any atom is -0.383 e. The molecule has 0 aliphatic heterocycles. The lowest BCUT2D eigenvalue weighted by molar-refractivity contribution is 0.509. The van der Waals surface area contributed by atoms with Crippen LogP contribution in [0.25, 0.3) is 11.1 Å². The Labute approximate surface area is 95.7 Å². The van der Waals surface area contributed by atoms with E-state index in [-0.39, 0.29) is 10.8 Å². The van der Waals surface area contributed by atoms with Gasteiger partial charge in [-0.1, -0.05) is 11.6 Å². The molecule has 0 bridgehead atoms.